The highest BCUT2D eigenvalue weighted by Gasteiger charge is 2.31. The molecule has 0 aromatic heterocycles. The van der Waals surface area contributed by atoms with Gasteiger partial charge in [-0.05, 0) is 57.5 Å². The maximum atomic E-state index is 13.0. The predicted molar refractivity (Wildman–Crippen MR) is 129 cm³/mol. The van der Waals surface area contributed by atoms with Crippen LogP contribution in [0.2, 0.25) is 0 Å². The molecule has 0 fully saturated rings. The number of nitrogens with two attached hydrogens (primary N) is 3. The first kappa shape index (κ1) is 32.2. The van der Waals surface area contributed by atoms with Crippen LogP contribution in [0, 0.1) is 5.92 Å². The SMILES string of the molecule is CC(C)C(NC(=O)C(CCCCN)NC(=O)C(N)CCCCN)C(=O)NC(CCC(=O)O)C(=O)O. The maximum absolute atomic E-state index is 13.0. The minimum absolute atomic E-state index is 0.271. The number of hydrogen-bond donors (Lipinski definition) is 8. The van der Waals surface area contributed by atoms with E-state index in [1.165, 1.54) is 0 Å². The van der Waals surface area contributed by atoms with Crippen LogP contribution >= 0.6 is 0 Å². The van der Waals surface area contributed by atoms with Gasteiger partial charge in [0.1, 0.15) is 18.1 Å². The zero-order valence-corrected chi connectivity index (χ0v) is 20.6. The summed E-state index contributed by atoms with van der Waals surface area (Å²) in [7, 11) is 0. The number of carbonyl (C=O) groups excluding carboxylic acids is 3. The van der Waals surface area contributed by atoms with Gasteiger partial charge in [0, 0.05) is 6.42 Å². The van der Waals surface area contributed by atoms with Crippen LogP contribution in [0.3, 0.4) is 0 Å². The molecular weight excluding hydrogens is 460 g/mol. The fourth-order valence-electron chi connectivity index (χ4n) is 3.26. The molecule has 13 heteroatoms. The number of nitrogens with one attached hydrogen (secondary N) is 3. The summed E-state index contributed by atoms with van der Waals surface area (Å²) in [6.45, 7) is 4.21. The number of carboxylic acids is 2. The lowest BCUT2D eigenvalue weighted by atomic mass is 10.0. The molecule has 11 N–H and O–H groups in total. The van der Waals surface area contributed by atoms with Crippen LogP contribution in [0.5, 0.6) is 0 Å². The number of hydrogen-bond acceptors (Lipinski definition) is 8. The van der Waals surface area contributed by atoms with Crippen LogP contribution in [0.15, 0.2) is 0 Å². The molecule has 0 aliphatic rings. The molecule has 0 aromatic carbocycles. The number of aliphatic carboxylic acids is 2. The molecule has 0 radical (unpaired) electrons. The second kappa shape index (κ2) is 17.6. The minimum Gasteiger partial charge on any atom is -0.481 e. The molecule has 0 spiro atoms. The Kier molecular flexibility index (Phi) is 16.2. The molecule has 0 aliphatic carbocycles. The van der Waals surface area contributed by atoms with E-state index in [0.29, 0.717) is 38.8 Å². The molecule has 3 amide bonds. The predicted octanol–water partition coefficient (Wildman–Crippen LogP) is -1.37. The van der Waals surface area contributed by atoms with E-state index in [0.717, 1.165) is 6.42 Å². The summed E-state index contributed by atoms with van der Waals surface area (Å²) in [4.78, 5) is 60.5. The van der Waals surface area contributed by atoms with Gasteiger partial charge in [0.15, 0.2) is 0 Å². The molecule has 0 heterocycles. The van der Waals surface area contributed by atoms with Crippen molar-refractivity contribution in [3.05, 3.63) is 0 Å². The van der Waals surface area contributed by atoms with Crippen molar-refractivity contribution in [3.63, 3.8) is 0 Å². The van der Waals surface area contributed by atoms with Gasteiger partial charge in [0.2, 0.25) is 17.7 Å². The Hall–Kier alpha value is -2.77. The highest BCUT2D eigenvalue weighted by atomic mass is 16.4. The molecule has 0 saturated heterocycles. The molecule has 202 valence electrons. The van der Waals surface area contributed by atoms with Gasteiger partial charge in [0.05, 0.1) is 6.04 Å². The van der Waals surface area contributed by atoms with E-state index < -0.39 is 66.2 Å². The van der Waals surface area contributed by atoms with Crippen molar-refractivity contribution >= 4 is 29.7 Å². The fourth-order valence-corrected chi connectivity index (χ4v) is 3.26. The summed E-state index contributed by atoms with van der Waals surface area (Å²) in [6, 6.07) is -4.32. The van der Waals surface area contributed by atoms with Crippen LogP contribution in [-0.2, 0) is 24.0 Å². The Labute approximate surface area is 205 Å². The highest BCUT2D eigenvalue weighted by Crippen LogP contribution is 2.08. The van der Waals surface area contributed by atoms with Crippen molar-refractivity contribution < 1.29 is 34.2 Å². The summed E-state index contributed by atoms with van der Waals surface area (Å²) in [5, 5.41) is 25.6. The zero-order chi connectivity index (χ0) is 27.0. The van der Waals surface area contributed by atoms with Crippen LogP contribution in [-0.4, -0.2) is 77.1 Å². The molecule has 0 bridgehead atoms. The quantitative estimate of drug-likeness (QED) is 0.0963. The molecule has 35 heavy (non-hydrogen) atoms. The van der Waals surface area contributed by atoms with Crippen molar-refractivity contribution in [2.24, 2.45) is 23.1 Å². The first-order chi connectivity index (χ1) is 16.4. The standard InChI is InChI=1S/C22H42N6O7/c1-13(2)18(21(33)27-16(22(34)35)9-10-17(29)30)28-20(32)15(8-4-6-12-24)26-19(31)14(25)7-3-5-11-23/h13-16,18H,3-12,23-25H2,1-2H3,(H,26,31)(H,27,33)(H,28,32)(H,29,30)(H,34,35). The van der Waals surface area contributed by atoms with Crippen molar-refractivity contribution in [1.29, 1.82) is 0 Å². The Bertz CT molecular complexity index is 704. The van der Waals surface area contributed by atoms with E-state index in [9.17, 15) is 29.1 Å². The van der Waals surface area contributed by atoms with Gasteiger partial charge in [-0.2, -0.15) is 0 Å². The summed E-state index contributed by atoms with van der Waals surface area (Å²) >= 11 is 0. The molecule has 0 saturated carbocycles. The van der Waals surface area contributed by atoms with Gasteiger partial charge in [0.25, 0.3) is 0 Å². The third-order valence-corrected chi connectivity index (χ3v) is 5.39. The van der Waals surface area contributed by atoms with E-state index >= 15 is 0 Å². The molecule has 0 aromatic rings. The lowest BCUT2D eigenvalue weighted by Gasteiger charge is -2.27. The Morgan fingerprint density at radius 1 is 0.714 bits per heavy atom. The second-order valence-electron chi connectivity index (χ2n) is 8.80. The first-order valence-electron chi connectivity index (χ1n) is 12.0. The topological polar surface area (TPSA) is 240 Å². The van der Waals surface area contributed by atoms with E-state index in [1.54, 1.807) is 13.8 Å². The van der Waals surface area contributed by atoms with Crippen LogP contribution < -0.4 is 33.2 Å². The van der Waals surface area contributed by atoms with Gasteiger partial charge in [-0.3, -0.25) is 19.2 Å². The van der Waals surface area contributed by atoms with Gasteiger partial charge in [-0.1, -0.05) is 20.3 Å². The van der Waals surface area contributed by atoms with E-state index in [4.69, 9.17) is 22.3 Å². The van der Waals surface area contributed by atoms with Crippen molar-refractivity contribution in [1.82, 2.24) is 16.0 Å². The van der Waals surface area contributed by atoms with Gasteiger partial charge >= 0.3 is 11.9 Å². The molecule has 13 nitrogen and oxygen atoms in total. The van der Waals surface area contributed by atoms with E-state index in [2.05, 4.69) is 16.0 Å². The third-order valence-electron chi connectivity index (χ3n) is 5.39. The smallest absolute Gasteiger partial charge is 0.326 e. The summed E-state index contributed by atoms with van der Waals surface area (Å²) < 4.78 is 0. The van der Waals surface area contributed by atoms with Crippen molar-refractivity contribution in [3.8, 4) is 0 Å². The van der Waals surface area contributed by atoms with E-state index in [1.807, 2.05) is 0 Å². The van der Waals surface area contributed by atoms with Crippen LogP contribution in [0.25, 0.3) is 0 Å². The summed E-state index contributed by atoms with van der Waals surface area (Å²) in [5.74, 6) is -4.89. The monoisotopic (exact) mass is 502 g/mol. The number of rotatable bonds is 19. The summed E-state index contributed by atoms with van der Waals surface area (Å²) in [5.41, 5.74) is 16.9. The molecular formula is C22H42N6O7. The molecule has 0 rings (SSSR count). The van der Waals surface area contributed by atoms with Gasteiger partial charge < -0.3 is 43.4 Å². The van der Waals surface area contributed by atoms with Crippen molar-refractivity contribution in [2.45, 2.75) is 89.4 Å². The summed E-state index contributed by atoms with van der Waals surface area (Å²) in [6.07, 6.45) is 2.48. The lowest BCUT2D eigenvalue weighted by molar-refractivity contribution is -0.143. The largest absolute Gasteiger partial charge is 0.481 e. The third kappa shape index (κ3) is 13.6. The number of carboxylic acid groups (broad SMARTS) is 2. The molecule has 4 atom stereocenters. The van der Waals surface area contributed by atoms with Crippen molar-refractivity contribution in [2.75, 3.05) is 13.1 Å². The second-order valence-corrected chi connectivity index (χ2v) is 8.80. The van der Waals surface area contributed by atoms with Gasteiger partial charge in [-0.15, -0.1) is 0 Å². The first-order valence-corrected chi connectivity index (χ1v) is 12.0. The van der Waals surface area contributed by atoms with Crippen LogP contribution in [0.4, 0.5) is 0 Å². The Balaban J connectivity index is 5.36. The average Bonchev–Trinajstić information content (AvgIpc) is 2.78. The molecule has 4 unspecified atom stereocenters. The number of carbonyl (C=O) groups is 5. The lowest BCUT2D eigenvalue weighted by Crippen LogP contribution is -2.58. The van der Waals surface area contributed by atoms with Gasteiger partial charge in [-0.25, -0.2) is 4.79 Å². The number of unbranched alkanes of at least 4 members (excludes halogenated alkanes) is 2. The van der Waals surface area contributed by atoms with E-state index in [-0.39, 0.29) is 12.8 Å². The highest BCUT2D eigenvalue weighted by molar-refractivity contribution is 5.94. The molecule has 0 aliphatic heterocycles. The Morgan fingerprint density at radius 2 is 1.26 bits per heavy atom. The normalized spacial score (nSPS) is 14.5. The minimum atomic E-state index is -1.43. The maximum Gasteiger partial charge on any atom is 0.326 e. The zero-order valence-electron chi connectivity index (χ0n) is 20.6. The fraction of sp³-hybridized carbons (Fsp3) is 0.773. The number of amides is 3. The average molecular weight is 503 g/mol. The van der Waals surface area contributed by atoms with Crippen LogP contribution in [0.1, 0.15) is 65.2 Å². The Morgan fingerprint density at radius 3 is 1.74 bits per heavy atom.